The van der Waals surface area contributed by atoms with Gasteiger partial charge in [-0.3, -0.25) is 9.79 Å². The van der Waals surface area contributed by atoms with Gasteiger partial charge in [-0.15, -0.1) is 11.3 Å². The Morgan fingerprint density at radius 2 is 1.96 bits per heavy atom. The highest BCUT2D eigenvalue weighted by atomic mass is 32.1. The lowest BCUT2D eigenvalue weighted by Crippen LogP contribution is -2.22. The molecule has 1 aliphatic heterocycles. The first kappa shape index (κ1) is 16.1. The molecule has 0 unspecified atom stereocenters. The molecule has 0 fully saturated rings. The number of hydrogen-bond acceptors (Lipinski definition) is 3. The molecule has 0 radical (unpaired) electrons. The lowest BCUT2D eigenvalue weighted by atomic mass is 9.96. The zero-order chi connectivity index (χ0) is 17.6. The number of fused-ring (bicyclic) bond motifs is 3. The van der Waals surface area contributed by atoms with Gasteiger partial charge in [0.15, 0.2) is 0 Å². The summed E-state index contributed by atoms with van der Waals surface area (Å²) >= 11 is 1.47. The molecule has 128 valence electrons. The van der Waals surface area contributed by atoms with Crippen molar-refractivity contribution in [3.63, 3.8) is 0 Å². The van der Waals surface area contributed by atoms with E-state index < -0.39 is 17.7 Å². The number of nitrogens with zero attached hydrogens (tertiary/aromatic N) is 1. The normalized spacial score (nSPS) is 19.4. The van der Waals surface area contributed by atoms with Gasteiger partial charge < -0.3 is 5.32 Å². The summed E-state index contributed by atoms with van der Waals surface area (Å²) in [4.78, 5) is 17.8. The number of nitrogens with one attached hydrogen (secondary N) is 1. The molecule has 0 bridgehead atoms. The number of hydrogen-bond donors (Lipinski definition) is 1. The number of rotatable bonds is 1. The standard InChI is InChI=1S/C19H16F2N2OS/c1-10-18(24)23-19-15(11-6-3-2-4-9-14(11)25-19)17(22-10)16-12(20)7-5-8-13(16)21/h2,4-5,7-8,10H,3,6,9H2,1H3,(H,23,24)/t10-/m0/s1. The van der Waals surface area contributed by atoms with Crippen molar-refractivity contribution in [2.75, 3.05) is 5.32 Å². The molecule has 2 heterocycles. The second-order valence-corrected chi connectivity index (χ2v) is 7.27. The Hall–Kier alpha value is -2.34. The number of amides is 1. The molecule has 6 heteroatoms. The topological polar surface area (TPSA) is 41.5 Å². The Balaban J connectivity index is 2.00. The first-order valence-corrected chi connectivity index (χ1v) is 9.01. The molecule has 2 aliphatic rings. The third kappa shape index (κ3) is 2.70. The predicted molar refractivity (Wildman–Crippen MR) is 95.6 cm³/mol. The zero-order valence-corrected chi connectivity index (χ0v) is 14.4. The average molecular weight is 358 g/mol. The van der Waals surface area contributed by atoms with E-state index in [1.165, 1.54) is 29.5 Å². The van der Waals surface area contributed by atoms with Gasteiger partial charge >= 0.3 is 0 Å². The van der Waals surface area contributed by atoms with Gasteiger partial charge in [-0.1, -0.05) is 18.2 Å². The molecule has 0 spiro atoms. The first-order valence-electron chi connectivity index (χ1n) is 8.19. The maximum Gasteiger partial charge on any atom is 0.249 e. The fourth-order valence-electron chi connectivity index (χ4n) is 3.26. The van der Waals surface area contributed by atoms with Crippen LogP contribution in [0, 0.1) is 11.6 Å². The van der Waals surface area contributed by atoms with E-state index in [-0.39, 0.29) is 17.2 Å². The van der Waals surface area contributed by atoms with Gasteiger partial charge in [0.25, 0.3) is 0 Å². The molecule has 1 atom stereocenters. The van der Waals surface area contributed by atoms with E-state index in [2.05, 4.69) is 22.5 Å². The number of thiophene rings is 1. The number of carbonyl (C=O) groups is 1. The maximum atomic E-state index is 14.5. The largest absolute Gasteiger partial charge is 0.315 e. The van der Waals surface area contributed by atoms with Gasteiger partial charge in [0.1, 0.15) is 22.7 Å². The summed E-state index contributed by atoms with van der Waals surface area (Å²) in [6.07, 6.45) is 6.57. The van der Waals surface area contributed by atoms with Crippen LogP contribution < -0.4 is 5.32 Å². The quantitative estimate of drug-likeness (QED) is 0.761. The highest BCUT2D eigenvalue weighted by Gasteiger charge is 2.31. The van der Waals surface area contributed by atoms with Crippen LogP contribution in [0.3, 0.4) is 0 Å². The van der Waals surface area contributed by atoms with Crippen LogP contribution in [0.25, 0.3) is 0 Å². The van der Waals surface area contributed by atoms with Crippen LogP contribution in [-0.4, -0.2) is 17.7 Å². The lowest BCUT2D eigenvalue weighted by molar-refractivity contribution is -0.116. The van der Waals surface area contributed by atoms with Gasteiger partial charge in [-0.05, 0) is 37.5 Å². The van der Waals surface area contributed by atoms with E-state index in [0.717, 1.165) is 29.7 Å². The highest BCUT2D eigenvalue weighted by molar-refractivity contribution is 7.17. The molecule has 2 aromatic rings. The Kier molecular flexibility index (Phi) is 4.00. The maximum absolute atomic E-state index is 14.5. The van der Waals surface area contributed by atoms with Crippen molar-refractivity contribution >= 4 is 28.0 Å². The minimum Gasteiger partial charge on any atom is -0.315 e. The molecule has 1 aromatic carbocycles. The number of aliphatic imine (C=N–C) groups is 1. The highest BCUT2D eigenvalue weighted by Crippen LogP contribution is 2.40. The molecular weight excluding hydrogens is 342 g/mol. The number of carbonyl (C=O) groups excluding carboxylic acids is 1. The summed E-state index contributed by atoms with van der Waals surface area (Å²) in [5, 5.41) is 3.52. The van der Waals surface area contributed by atoms with Crippen LogP contribution in [0.5, 0.6) is 0 Å². The average Bonchev–Trinajstić information content (AvgIpc) is 2.70. The molecule has 0 saturated heterocycles. The van der Waals surface area contributed by atoms with E-state index in [9.17, 15) is 13.6 Å². The van der Waals surface area contributed by atoms with Crippen LogP contribution in [0.4, 0.5) is 13.8 Å². The molecule has 1 aromatic heterocycles. The van der Waals surface area contributed by atoms with E-state index in [1.54, 1.807) is 6.92 Å². The lowest BCUT2D eigenvalue weighted by Gasteiger charge is -2.11. The van der Waals surface area contributed by atoms with Crippen LogP contribution in [-0.2, 0) is 17.6 Å². The summed E-state index contributed by atoms with van der Waals surface area (Å²) < 4.78 is 28.9. The van der Waals surface area contributed by atoms with Crippen LogP contribution in [0.1, 0.15) is 34.9 Å². The summed E-state index contributed by atoms with van der Waals surface area (Å²) in [6, 6.07) is 3.06. The van der Waals surface area contributed by atoms with Gasteiger partial charge in [0.05, 0.1) is 11.3 Å². The minimum absolute atomic E-state index is 0.162. The Labute approximate surface area is 148 Å². The Morgan fingerprint density at radius 1 is 1.20 bits per heavy atom. The number of allylic oxidation sites excluding steroid dienone is 2. The first-order chi connectivity index (χ1) is 12.1. The van der Waals surface area contributed by atoms with Crippen molar-refractivity contribution in [2.24, 2.45) is 4.99 Å². The van der Waals surface area contributed by atoms with Gasteiger partial charge in [0.2, 0.25) is 5.91 Å². The minimum atomic E-state index is -0.715. The Morgan fingerprint density at radius 3 is 2.72 bits per heavy atom. The molecule has 0 saturated carbocycles. The van der Waals surface area contributed by atoms with Gasteiger partial charge in [-0.2, -0.15) is 0 Å². The molecule has 4 rings (SSSR count). The Bertz CT molecular complexity index is 909. The van der Waals surface area contributed by atoms with E-state index >= 15 is 0 Å². The van der Waals surface area contributed by atoms with Crippen molar-refractivity contribution in [1.82, 2.24) is 0 Å². The summed E-state index contributed by atoms with van der Waals surface area (Å²) in [5.41, 5.74) is 1.77. The molecular formula is C19H16F2N2OS. The summed E-state index contributed by atoms with van der Waals surface area (Å²) in [5.74, 6) is -1.60. The number of anilines is 1. The van der Waals surface area contributed by atoms with E-state index in [1.807, 2.05) is 0 Å². The third-order valence-corrected chi connectivity index (χ3v) is 5.67. The van der Waals surface area contributed by atoms with Crippen molar-refractivity contribution in [1.29, 1.82) is 0 Å². The van der Waals surface area contributed by atoms with Gasteiger partial charge in [-0.25, -0.2) is 8.78 Å². The second kappa shape index (κ2) is 6.19. The van der Waals surface area contributed by atoms with Crippen LogP contribution >= 0.6 is 11.3 Å². The van der Waals surface area contributed by atoms with Crippen molar-refractivity contribution in [2.45, 2.75) is 32.2 Å². The fourth-order valence-corrected chi connectivity index (χ4v) is 4.49. The van der Waals surface area contributed by atoms with E-state index in [0.29, 0.717) is 10.6 Å². The summed E-state index contributed by atoms with van der Waals surface area (Å²) in [7, 11) is 0. The molecule has 1 aliphatic carbocycles. The number of benzene rings is 1. The smallest absolute Gasteiger partial charge is 0.249 e. The number of halogens is 2. The third-order valence-electron chi connectivity index (χ3n) is 4.50. The molecule has 25 heavy (non-hydrogen) atoms. The van der Waals surface area contributed by atoms with Crippen LogP contribution in [0.2, 0.25) is 0 Å². The SMILES string of the molecule is C[C@@H]1N=C(c2c(F)cccc2F)c2c(sc3c2CCC=CC3)NC1=O. The predicted octanol–water partition coefficient (Wildman–Crippen LogP) is 4.25. The van der Waals surface area contributed by atoms with Gasteiger partial charge in [0, 0.05) is 16.9 Å². The molecule has 1 N–H and O–H groups in total. The van der Waals surface area contributed by atoms with Crippen molar-refractivity contribution in [3.8, 4) is 0 Å². The second-order valence-electron chi connectivity index (χ2n) is 6.16. The fraction of sp³-hybridized carbons (Fsp3) is 0.263. The van der Waals surface area contributed by atoms with Crippen molar-refractivity contribution in [3.05, 3.63) is 63.6 Å². The molecule has 1 amide bonds. The monoisotopic (exact) mass is 358 g/mol. The molecule has 3 nitrogen and oxygen atoms in total. The van der Waals surface area contributed by atoms with Crippen LogP contribution in [0.15, 0.2) is 35.3 Å². The zero-order valence-electron chi connectivity index (χ0n) is 13.6. The summed E-state index contributed by atoms with van der Waals surface area (Å²) in [6.45, 7) is 1.63. The van der Waals surface area contributed by atoms with Crippen molar-refractivity contribution < 1.29 is 13.6 Å². The van der Waals surface area contributed by atoms with E-state index in [4.69, 9.17) is 0 Å².